The molecule has 1 heterocycles. The van der Waals surface area contributed by atoms with Crippen LogP contribution in [-0.4, -0.2) is 4.98 Å². The van der Waals surface area contributed by atoms with Gasteiger partial charge in [-0.25, -0.2) is 4.98 Å². The molecule has 0 aliphatic carbocycles. The van der Waals surface area contributed by atoms with E-state index in [1.54, 1.807) is 0 Å². The predicted molar refractivity (Wildman–Crippen MR) is 74.4 cm³/mol. The van der Waals surface area contributed by atoms with Gasteiger partial charge in [0.15, 0.2) is 5.58 Å². The van der Waals surface area contributed by atoms with Gasteiger partial charge in [0.1, 0.15) is 5.52 Å². The van der Waals surface area contributed by atoms with Crippen LogP contribution in [0.4, 0.5) is 0 Å². The molecular weight excluding hydrogens is 246 g/mol. The van der Waals surface area contributed by atoms with Crippen molar-refractivity contribution in [2.24, 2.45) is 0 Å². The van der Waals surface area contributed by atoms with Crippen LogP contribution in [0.15, 0.2) is 52.9 Å². The fourth-order valence-corrected chi connectivity index (χ4v) is 1.93. The minimum absolute atomic E-state index is 0.580. The third-order valence-corrected chi connectivity index (χ3v) is 2.97. The van der Waals surface area contributed by atoms with E-state index in [-0.39, 0.29) is 0 Å². The smallest absolute Gasteiger partial charge is 0.220 e. The Morgan fingerprint density at radius 3 is 2.56 bits per heavy atom. The molecule has 1 aromatic heterocycles. The molecule has 0 saturated heterocycles. The first-order valence-electron chi connectivity index (χ1n) is 5.61. The maximum atomic E-state index is 6.07. The molecule has 0 fully saturated rings. The average molecular weight is 256 g/mol. The summed E-state index contributed by atoms with van der Waals surface area (Å²) in [5, 5.41) is 0.713. The molecule has 3 heteroatoms. The number of nitrogens with zero attached hydrogens (tertiary/aromatic N) is 1. The van der Waals surface area contributed by atoms with Gasteiger partial charge in [-0.1, -0.05) is 41.9 Å². The summed E-state index contributed by atoms with van der Waals surface area (Å²) in [5.74, 6) is 0.580. The minimum Gasteiger partial charge on any atom is -0.437 e. The number of halogens is 1. The first kappa shape index (κ1) is 11.1. The maximum absolute atomic E-state index is 6.07. The summed E-state index contributed by atoms with van der Waals surface area (Å²) in [4.78, 5) is 4.36. The third kappa shape index (κ3) is 2.15. The SMILES string of the molecule is Clc1ccccc1C=Cc1nc2ccccc2o1. The third-order valence-electron chi connectivity index (χ3n) is 2.62. The number of para-hydroxylation sites is 2. The molecule has 0 atom stereocenters. The fraction of sp³-hybridized carbons (Fsp3) is 0. The van der Waals surface area contributed by atoms with Crippen molar-refractivity contribution in [3.05, 3.63) is 65.0 Å². The second-order valence-corrected chi connectivity index (χ2v) is 4.28. The molecule has 2 nitrogen and oxygen atoms in total. The van der Waals surface area contributed by atoms with Crippen LogP contribution in [0.5, 0.6) is 0 Å². The highest BCUT2D eigenvalue weighted by Gasteiger charge is 2.01. The fourth-order valence-electron chi connectivity index (χ4n) is 1.73. The van der Waals surface area contributed by atoms with Crippen LogP contribution < -0.4 is 0 Å². The maximum Gasteiger partial charge on any atom is 0.220 e. The Bertz CT molecular complexity index is 682. The van der Waals surface area contributed by atoms with Crippen molar-refractivity contribution in [3.63, 3.8) is 0 Å². The molecule has 0 spiro atoms. The van der Waals surface area contributed by atoms with Crippen LogP contribution in [0.3, 0.4) is 0 Å². The number of aromatic nitrogens is 1. The molecule has 0 saturated carbocycles. The Kier molecular flexibility index (Phi) is 2.87. The summed E-state index contributed by atoms with van der Waals surface area (Å²) >= 11 is 6.07. The molecule has 88 valence electrons. The van der Waals surface area contributed by atoms with E-state index in [0.717, 1.165) is 16.7 Å². The number of rotatable bonds is 2. The van der Waals surface area contributed by atoms with E-state index >= 15 is 0 Å². The Labute approximate surface area is 110 Å². The van der Waals surface area contributed by atoms with Crippen LogP contribution >= 0.6 is 11.6 Å². The van der Waals surface area contributed by atoms with Gasteiger partial charge in [0, 0.05) is 11.1 Å². The van der Waals surface area contributed by atoms with Gasteiger partial charge in [-0.3, -0.25) is 0 Å². The van der Waals surface area contributed by atoms with Gasteiger partial charge in [0.05, 0.1) is 0 Å². The Hall–Kier alpha value is -2.06. The van der Waals surface area contributed by atoms with Gasteiger partial charge < -0.3 is 4.42 Å². The predicted octanol–water partition coefficient (Wildman–Crippen LogP) is 4.65. The molecule has 0 radical (unpaired) electrons. The average Bonchev–Trinajstić information content (AvgIpc) is 2.80. The van der Waals surface area contributed by atoms with Crippen molar-refractivity contribution in [2.45, 2.75) is 0 Å². The summed E-state index contributed by atoms with van der Waals surface area (Å²) in [6.07, 6.45) is 3.72. The highest BCUT2D eigenvalue weighted by Crippen LogP contribution is 2.19. The van der Waals surface area contributed by atoms with Crippen LogP contribution in [0, 0.1) is 0 Å². The largest absolute Gasteiger partial charge is 0.437 e. The molecule has 18 heavy (non-hydrogen) atoms. The summed E-state index contributed by atoms with van der Waals surface area (Å²) in [7, 11) is 0. The molecule has 0 amide bonds. The topological polar surface area (TPSA) is 26.0 Å². The molecule has 2 aromatic carbocycles. The first-order valence-corrected chi connectivity index (χ1v) is 5.99. The molecule has 0 aliphatic heterocycles. The highest BCUT2D eigenvalue weighted by molar-refractivity contribution is 6.32. The lowest BCUT2D eigenvalue weighted by Crippen LogP contribution is -1.74. The van der Waals surface area contributed by atoms with E-state index in [1.165, 1.54) is 0 Å². The number of fused-ring (bicyclic) bond motifs is 1. The van der Waals surface area contributed by atoms with E-state index in [0.29, 0.717) is 10.9 Å². The zero-order valence-corrected chi connectivity index (χ0v) is 10.3. The minimum atomic E-state index is 0.580. The number of hydrogen-bond donors (Lipinski definition) is 0. The second kappa shape index (κ2) is 4.67. The lowest BCUT2D eigenvalue weighted by atomic mass is 10.2. The molecular formula is C15H10ClNO. The van der Waals surface area contributed by atoms with Crippen molar-refractivity contribution in [1.29, 1.82) is 0 Å². The first-order chi connectivity index (χ1) is 8.83. The molecule has 3 aromatic rings. The van der Waals surface area contributed by atoms with E-state index in [2.05, 4.69) is 4.98 Å². The number of benzene rings is 2. The summed E-state index contributed by atoms with van der Waals surface area (Å²) in [5.41, 5.74) is 2.59. The van der Waals surface area contributed by atoms with Crippen LogP contribution in [0.2, 0.25) is 5.02 Å². The van der Waals surface area contributed by atoms with Crippen LogP contribution in [0.1, 0.15) is 11.5 Å². The van der Waals surface area contributed by atoms with Gasteiger partial charge in [0.2, 0.25) is 5.89 Å². The van der Waals surface area contributed by atoms with Gasteiger partial charge in [0.25, 0.3) is 0 Å². The summed E-state index contributed by atoms with van der Waals surface area (Å²) in [6, 6.07) is 15.3. The summed E-state index contributed by atoms with van der Waals surface area (Å²) < 4.78 is 5.59. The Morgan fingerprint density at radius 2 is 1.72 bits per heavy atom. The van der Waals surface area contributed by atoms with Crippen molar-refractivity contribution in [3.8, 4) is 0 Å². The Balaban J connectivity index is 1.95. The van der Waals surface area contributed by atoms with Crippen molar-refractivity contribution >= 4 is 34.9 Å². The zero-order valence-electron chi connectivity index (χ0n) is 9.51. The second-order valence-electron chi connectivity index (χ2n) is 3.87. The van der Waals surface area contributed by atoms with Crippen molar-refractivity contribution in [2.75, 3.05) is 0 Å². The van der Waals surface area contributed by atoms with Gasteiger partial charge in [-0.15, -0.1) is 0 Å². The number of oxazole rings is 1. The van der Waals surface area contributed by atoms with Crippen LogP contribution in [-0.2, 0) is 0 Å². The summed E-state index contributed by atoms with van der Waals surface area (Å²) in [6.45, 7) is 0. The number of hydrogen-bond acceptors (Lipinski definition) is 2. The lowest BCUT2D eigenvalue weighted by molar-refractivity contribution is 0.590. The highest BCUT2D eigenvalue weighted by atomic mass is 35.5. The van der Waals surface area contributed by atoms with Crippen molar-refractivity contribution < 1.29 is 4.42 Å². The lowest BCUT2D eigenvalue weighted by Gasteiger charge is -1.94. The monoisotopic (exact) mass is 255 g/mol. The molecule has 0 bridgehead atoms. The van der Waals surface area contributed by atoms with Crippen molar-refractivity contribution in [1.82, 2.24) is 4.98 Å². The molecule has 0 N–H and O–H groups in total. The van der Waals surface area contributed by atoms with Gasteiger partial charge in [-0.05, 0) is 29.8 Å². The normalized spacial score (nSPS) is 11.4. The standard InChI is InChI=1S/C15H10ClNO/c16-12-6-2-1-5-11(12)9-10-15-17-13-7-3-4-8-14(13)18-15/h1-10H. The Morgan fingerprint density at radius 1 is 0.944 bits per heavy atom. The van der Waals surface area contributed by atoms with Gasteiger partial charge >= 0.3 is 0 Å². The van der Waals surface area contributed by atoms with E-state index in [9.17, 15) is 0 Å². The molecule has 0 aliphatic rings. The van der Waals surface area contributed by atoms with E-state index < -0.39 is 0 Å². The van der Waals surface area contributed by atoms with E-state index in [1.807, 2.05) is 60.7 Å². The zero-order chi connectivity index (χ0) is 12.4. The molecule has 3 rings (SSSR count). The van der Waals surface area contributed by atoms with Crippen LogP contribution in [0.25, 0.3) is 23.3 Å². The van der Waals surface area contributed by atoms with E-state index in [4.69, 9.17) is 16.0 Å². The molecule has 0 unspecified atom stereocenters. The quantitative estimate of drug-likeness (QED) is 0.666. The van der Waals surface area contributed by atoms with Gasteiger partial charge in [-0.2, -0.15) is 0 Å².